The topological polar surface area (TPSA) is 55.8 Å². The second-order valence-corrected chi connectivity index (χ2v) is 4.55. The van der Waals surface area contributed by atoms with E-state index in [9.17, 15) is 18.0 Å². The molecule has 0 saturated carbocycles. The minimum absolute atomic E-state index is 0.00302. The Hall–Kier alpha value is -1.70. The normalized spacial score (nSPS) is 18.1. The van der Waals surface area contributed by atoms with E-state index in [1.165, 1.54) is 18.2 Å². The van der Waals surface area contributed by atoms with Crippen molar-refractivity contribution in [1.29, 1.82) is 0 Å². The lowest BCUT2D eigenvalue weighted by molar-refractivity contribution is -0.191. The standard InChI is InChI=1S/C11H6BrF3O4/c12-6-1-2-7-5(3-6)4-8(19-10(16)17)9(18-7)11(13,14)15/h1-4,9H,(H,16,17). The average molecular weight is 339 g/mol. The molecule has 1 aliphatic heterocycles. The van der Waals surface area contributed by atoms with Gasteiger partial charge in [0, 0.05) is 10.0 Å². The van der Waals surface area contributed by atoms with Crippen LogP contribution < -0.4 is 4.74 Å². The highest BCUT2D eigenvalue weighted by atomic mass is 79.9. The molecule has 0 aromatic heterocycles. The summed E-state index contributed by atoms with van der Waals surface area (Å²) in [5.41, 5.74) is 0.297. The molecule has 1 heterocycles. The predicted molar refractivity (Wildman–Crippen MR) is 61.7 cm³/mol. The Kier molecular flexibility index (Phi) is 3.44. The van der Waals surface area contributed by atoms with Crippen LogP contribution in [-0.2, 0) is 4.74 Å². The molecular formula is C11H6BrF3O4. The summed E-state index contributed by atoms with van der Waals surface area (Å²) in [6.07, 6.45) is -8.04. The molecule has 0 aliphatic carbocycles. The van der Waals surface area contributed by atoms with Crippen LogP contribution in [0.4, 0.5) is 18.0 Å². The zero-order valence-corrected chi connectivity index (χ0v) is 10.7. The molecule has 4 nitrogen and oxygen atoms in total. The van der Waals surface area contributed by atoms with E-state index in [0.717, 1.165) is 6.08 Å². The van der Waals surface area contributed by atoms with Gasteiger partial charge in [-0.3, -0.25) is 0 Å². The molecule has 0 bridgehead atoms. The molecule has 1 N–H and O–H groups in total. The van der Waals surface area contributed by atoms with Crippen molar-refractivity contribution in [2.75, 3.05) is 0 Å². The molecule has 19 heavy (non-hydrogen) atoms. The van der Waals surface area contributed by atoms with Gasteiger partial charge >= 0.3 is 12.3 Å². The van der Waals surface area contributed by atoms with Crippen LogP contribution in [0.25, 0.3) is 6.08 Å². The van der Waals surface area contributed by atoms with E-state index in [-0.39, 0.29) is 5.75 Å². The largest absolute Gasteiger partial charge is 0.511 e. The molecule has 1 aromatic carbocycles. The molecule has 0 radical (unpaired) electrons. The summed E-state index contributed by atoms with van der Waals surface area (Å²) in [6.45, 7) is 0. The number of carboxylic acid groups (broad SMARTS) is 1. The van der Waals surface area contributed by atoms with Crippen LogP contribution in [0.5, 0.6) is 5.75 Å². The number of fused-ring (bicyclic) bond motifs is 1. The SMILES string of the molecule is O=C(O)OC1=Cc2cc(Br)ccc2OC1C(F)(F)F. The van der Waals surface area contributed by atoms with Crippen molar-refractivity contribution >= 4 is 28.2 Å². The summed E-state index contributed by atoms with van der Waals surface area (Å²) >= 11 is 3.15. The van der Waals surface area contributed by atoms with Crippen LogP contribution in [0.1, 0.15) is 5.56 Å². The van der Waals surface area contributed by atoms with Gasteiger partial charge in [-0.25, -0.2) is 4.79 Å². The van der Waals surface area contributed by atoms with Gasteiger partial charge in [0.25, 0.3) is 6.10 Å². The maximum absolute atomic E-state index is 12.8. The first-order valence-corrected chi connectivity index (χ1v) is 5.72. The van der Waals surface area contributed by atoms with E-state index in [4.69, 9.17) is 9.84 Å². The van der Waals surface area contributed by atoms with Crippen LogP contribution in [0.15, 0.2) is 28.4 Å². The van der Waals surface area contributed by atoms with Gasteiger partial charge in [0.2, 0.25) is 0 Å². The molecule has 1 aromatic rings. The molecule has 0 saturated heterocycles. The summed E-state index contributed by atoms with van der Waals surface area (Å²) in [4.78, 5) is 10.4. The summed E-state index contributed by atoms with van der Waals surface area (Å²) in [5.74, 6) is -0.811. The lowest BCUT2D eigenvalue weighted by Crippen LogP contribution is -2.39. The Morgan fingerprint density at radius 2 is 2.11 bits per heavy atom. The fraction of sp³-hybridized carbons (Fsp3) is 0.182. The first-order valence-electron chi connectivity index (χ1n) is 4.92. The van der Waals surface area contributed by atoms with Crippen molar-refractivity contribution in [2.45, 2.75) is 12.3 Å². The maximum Gasteiger partial charge on any atom is 0.511 e. The highest BCUT2D eigenvalue weighted by Gasteiger charge is 2.48. The Morgan fingerprint density at radius 3 is 2.68 bits per heavy atom. The Labute approximate surface area is 113 Å². The number of benzene rings is 1. The van der Waals surface area contributed by atoms with Crippen LogP contribution in [-0.4, -0.2) is 23.5 Å². The monoisotopic (exact) mass is 338 g/mol. The fourth-order valence-corrected chi connectivity index (χ4v) is 1.94. The van der Waals surface area contributed by atoms with E-state index in [2.05, 4.69) is 20.7 Å². The number of hydrogen-bond acceptors (Lipinski definition) is 3. The highest BCUT2D eigenvalue weighted by Crippen LogP contribution is 2.38. The second kappa shape index (κ2) is 4.76. The van der Waals surface area contributed by atoms with Gasteiger partial charge in [0.15, 0.2) is 5.76 Å². The molecule has 0 spiro atoms. The van der Waals surface area contributed by atoms with Gasteiger partial charge in [-0.2, -0.15) is 13.2 Å². The van der Waals surface area contributed by atoms with E-state index in [1.807, 2.05) is 0 Å². The third-order valence-electron chi connectivity index (χ3n) is 2.28. The second-order valence-electron chi connectivity index (χ2n) is 3.64. The van der Waals surface area contributed by atoms with Crippen LogP contribution in [0.3, 0.4) is 0 Å². The molecule has 102 valence electrons. The van der Waals surface area contributed by atoms with Crippen LogP contribution in [0.2, 0.25) is 0 Å². The summed E-state index contributed by atoms with van der Waals surface area (Å²) in [7, 11) is 0. The lowest BCUT2D eigenvalue weighted by atomic mass is 10.1. The van der Waals surface area contributed by atoms with E-state index < -0.39 is 24.2 Å². The fourth-order valence-electron chi connectivity index (χ4n) is 1.57. The molecule has 2 rings (SSSR count). The molecule has 0 fully saturated rings. The van der Waals surface area contributed by atoms with Crippen molar-refractivity contribution in [1.82, 2.24) is 0 Å². The van der Waals surface area contributed by atoms with E-state index in [1.54, 1.807) is 0 Å². The van der Waals surface area contributed by atoms with E-state index in [0.29, 0.717) is 10.0 Å². The van der Waals surface area contributed by atoms with Crippen molar-refractivity contribution in [3.05, 3.63) is 34.0 Å². The summed E-state index contributed by atoms with van der Waals surface area (Å²) < 4.78 is 47.8. The number of hydrogen-bond donors (Lipinski definition) is 1. The third-order valence-corrected chi connectivity index (χ3v) is 2.77. The zero-order valence-electron chi connectivity index (χ0n) is 9.07. The van der Waals surface area contributed by atoms with E-state index >= 15 is 0 Å². The molecule has 0 amide bonds. The highest BCUT2D eigenvalue weighted by molar-refractivity contribution is 9.10. The number of rotatable bonds is 1. The zero-order chi connectivity index (χ0) is 14.2. The van der Waals surface area contributed by atoms with Crippen molar-refractivity contribution in [3.8, 4) is 5.75 Å². The van der Waals surface area contributed by atoms with Crippen LogP contribution >= 0.6 is 15.9 Å². The average Bonchev–Trinajstić information content (AvgIpc) is 2.25. The quantitative estimate of drug-likeness (QED) is 0.791. The van der Waals surface area contributed by atoms with Gasteiger partial charge in [0.1, 0.15) is 5.75 Å². The van der Waals surface area contributed by atoms with Crippen molar-refractivity contribution in [3.63, 3.8) is 0 Å². The van der Waals surface area contributed by atoms with Gasteiger partial charge in [0.05, 0.1) is 0 Å². The first kappa shape index (κ1) is 13.7. The first-order chi connectivity index (χ1) is 8.77. The number of ether oxygens (including phenoxy) is 2. The minimum Gasteiger partial charge on any atom is -0.472 e. The van der Waals surface area contributed by atoms with Crippen LogP contribution in [0, 0.1) is 0 Å². The Bertz CT molecular complexity index is 553. The van der Waals surface area contributed by atoms with Gasteiger partial charge in [-0.15, -0.1) is 0 Å². The number of carbonyl (C=O) groups is 1. The number of halogens is 4. The molecule has 1 atom stereocenters. The van der Waals surface area contributed by atoms with Gasteiger partial charge in [-0.1, -0.05) is 15.9 Å². The number of alkyl halides is 3. The van der Waals surface area contributed by atoms with Gasteiger partial charge in [-0.05, 0) is 24.3 Å². The predicted octanol–water partition coefficient (Wildman–Crippen LogP) is 3.81. The minimum atomic E-state index is -4.77. The van der Waals surface area contributed by atoms with Crippen molar-refractivity contribution in [2.24, 2.45) is 0 Å². The lowest BCUT2D eigenvalue weighted by Gasteiger charge is -2.27. The van der Waals surface area contributed by atoms with Gasteiger partial charge < -0.3 is 14.6 Å². The van der Waals surface area contributed by atoms with Crippen molar-refractivity contribution < 1.29 is 32.5 Å². The molecule has 8 heteroatoms. The Morgan fingerprint density at radius 1 is 1.42 bits per heavy atom. The maximum atomic E-state index is 12.8. The summed E-state index contributed by atoms with van der Waals surface area (Å²) in [5, 5.41) is 8.46. The summed E-state index contributed by atoms with van der Waals surface area (Å²) in [6, 6.07) is 4.36. The molecule has 1 unspecified atom stereocenters. The Balaban J connectivity index is 2.46. The molecular weight excluding hydrogens is 333 g/mol. The molecule has 1 aliphatic rings. The smallest absolute Gasteiger partial charge is 0.472 e. The third kappa shape index (κ3) is 3.01.